The molecule has 3 aliphatic rings. The molecule has 2 bridgehead atoms. The smallest absolute Gasteiger partial charge is 0.310 e. The molecule has 28 heavy (non-hydrogen) atoms. The van der Waals surface area contributed by atoms with Crippen LogP contribution in [0.1, 0.15) is 6.42 Å². The molecule has 0 aromatic heterocycles. The van der Waals surface area contributed by atoms with Gasteiger partial charge in [-0.15, -0.1) is 0 Å². The van der Waals surface area contributed by atoms with Crippen molar-refractivity contribution in [2.75, 3.05) is 5.32 Å². The summed E-state index contributed by atoms with van der Waals surface area (Å²) in [7, 11) is 0. The lowest BCUT2D eigenvalue weighted by Crippen LogP contribution is -2.40. The Morgan fingerprint density at radius 3 is 2.39 bits per heavy atom. The summed E-state index contributed by atoms with van der Waals surface area (Å²) in [6.07, 6.45) is 0.791. The van der Waals surface area contributed by atoms with Gasteiger partial charge in [0.15, 0.2) is 0 Å². The zero-order valence-electron chi connectivity index (χ0n) is 14.7. The maximum Gasteiger partial charge on any atom is 0.310 e. The highest BCUT2D eigenvalue weighted by molar-refractivity contribution is 9.09. The van der Waals surface area contributed by atoms with E-state index in [0.29, 0.717) is 22.2 Å². The Hall–Kier alpha value is -2.05. The van der Waals surface area contributed by atoms with Crippen molar-refractivity contribution in [3.63, 3.8) is 0 Å². The van der Waals surface area contributed by atoms with Crippen LogP contribution in [0.4, 0.5) is 5.69 Å². The first-order valence-corrected chi connectivity index (χ1v) is 10.5. The third kappa shape index (κ3) is 2.90. The Kier molecular flexibility index (Phi) is 4.36. The van der Waals surface area contributed by atoms with E-state index in [1.807, 2.05) is 0 Å². The average molecular weight is 463 g/mol. The van der Waals surface area contributed by atoms with Gasteiger partial charge in [-0.2, -0.15) is 0 Å². The van der Waals surface area contributed by atoms with Crippen molar-refractivity contribution in [1.82, 2.24) is 0 Å². The molecular weight excluding hydrogens is 446 g/mol. The minimum Gasteiger partial charge on any atom is -0.461 e. The number of anilines is 1. The van der Waals surface area contributed by atoms with Crippen molar-refractivity contribution in [3.05, 3.63) is 53.6 Å². The van der Waals surface area contributed by atoms with Crippen molar-refractivity contribution in [2.45, 2.75) is 17.4 Å². The molecule has 144 valence electrons. The van der Waals surface area contributed by atoms with Crippen LogP contribution in [-0.4, -0.2) is 22.8 Å². The largest absolute Gasteiger partial charge is 0.461 e. The number of nitrogens with one attached hydrogen (secondary N) is 1. The van der Waals surface area contributed by atoms with Crippen molar-refractivity contribution in [3.8, 4) is 11.5 Å². The number of alkyl halides is 1. The van der Waals surface area contributed by atoms with E-state index in [9.17, 15) is 9.59 Å². The van der Waals surface area contributed by atoms with Crippen LogP contribution in [0.15, 0.2) is 48.5 Å². The molecule has 5 nitrogen and oxygen atoms in total. The van der Waals surface area contributed by atoms with Gasteiger partial charge in [-0.3, -0.25) is 9.59 Å². The minimum absolute atomic E-state index is 0.0612. The standard InChI is InChI=1S/C21H17BrClNO4/c22-18-14-9-15-17(21(26)28-19(15)18)16(14)20(25)24-11-3-7-13(8-4-11)27-12-5-1-10(23)2-6-12/h1-8,14-19H,9H2,(H,24,25)/t14-,15-,16-,17-,18-,19+/m1/s1. The first-order chi connectivity index (χ1) is 13.5. The highest BCUT2D eigenvalue weighted by Crippen LogP contribution is 2.60. The van der Waals surface area contributed by atoms with E-state index in [-0.39, 0.29) is 46.5 Å². The number of halogens is 2. The highest BCUT2D eigenvalue weighted by Gasteiger charge is 2.67. The first-order valence-electron chi connectivity index (χ1n) is 9.20. The molecule has 0 unspecified atom stereocenters. The summed E-state index contributed by atoms with van der Waals surface area (Å²) in [5.41, 5.74) is 0.672. The maximum atomic E-state index is 12.9. The number of rotatable bonds is 4. The SMILES string of the molecule is O=C(Nc1ccc(Oc2ccc(Cl)cc2)cc1)[C@@H]1[C@H]2C[C@H]3[C@H](OC(=O)[C@H]31)[C@@H]2Br. The fourth-order valence-corrected chi connectivity index (χ4v) is 5.97. The van der Waals surface area contributed by atoms with Gasteiger partial charge in [0.2, 0.25) is 5.91 Å². The van der Waals surface area contributed by atoms with Crippen LogP contribution in [0.25, 0.3) is 0 Å². The maximum absolute atomic E-state index is 12.9. The Labute approximate surface area is 175 Å². The van der Waals surface area contributed by atoms with Crippen LogP contribution in [0.2, 0.25) is 5.02 Å². The van der Waals surface area contributed by atoms with Crippen molar-refractivity contribution in [1.29, 1.82) is 0 Å². The van der Waals surface area contributed by atoms with Crippen molar-refractivity contribution < 1.29 is 19.1 Å². The van der Waals surface area contributed by atoms with Crippen molar-refractivity contribution in [2.24, 2.45) is 23.7 Å². The molecule has 2 aromatic carbocycles. The van der Waals surface area contributed by atoms with Gasteiger partial charge in [-0.05, 0) is 60.9 Å². The van der Waals surface area contributed by atoms with Crippen LogP contribution in [0.3, 0.4) is 0 Å². The fourth-order valence-electron chi connectivity index (χ4n) is 4.80. The fraction of sp³-hybridized carbons (Fsp3) is 0.333. The molecule has 1 aliphatic heterocycles. The molecule has 2 saturated carbocycles. The predicted molar refractivity (Wildman–Crippen MR) is 108 cm³/mol. The third-order valence-corrected chi connectivity index (χ3v) is 7.45. The highest BCUT2D eigenvalue weighted by atomic mass is 79.9. The van der Waals surface area contributed by atoms with Crippen LogP contribution in [0, 0.1) is 23.7 Å². The molecule has 2 aliphatic carbocycles. The summed E-state index contributed by atoms with van der Waals surface area (Å²) in [6, 6.07) is 14.3. The molecule has 2 aromatic rings. The third-order valence-electron chi connectivity index (χ3n) is 6.00. The molecule has 1 N–H and O–H groups in total. The van der Waals surface area contributed by atoms with E-state index in [1.54, 1.807) is 48.5 Å². The Bertz CT molecular complexity index is 932. The average Bonchev–Trinajstić information content (AvgIpc) is 3.29. The topological polar surface area (TPSA) is 64.6 Å². The molecule has 7 heteroatoms. The Morgan fingerprint density at radius 1 is 1.07 bits per heavy atom. The van der Waals surface area contributed by atoms with Crippen LogP contribution in [-0.2, 0) is 14.3 Å². The van der Waals surface area contributed by atoms with E-state index in [0.717, 1.165) is 6.42 Å². The number of benzene rings is 2. The number of hydrogen-bond donors (Lipinski definition) is 1. The minimum atomic E-state index is -0.342. The van der Waals surface area contributed by atoms with Gasteiger partial charge in [0.25, 0.3) is 0 Å². The second-order valence-corrected chi connectivity index (χ2v) is 9.02. The monoisotopic (exact) mass is 461 g/mol. The van der Waals surface area contributed by atoms with Gasteiger partial charge < -0.3 is 14.8 Å². The number of ether oxygens (including phenoxy) is 2. The Morgan fingerprint density at radius 2 is 1.71 bits per heavy atom. The number of carbonyl (C=O) groups excluding carboxylic acids is 2. The number of carbonyl (C=O) groups is 2. The molecule has 3 fully saturated rings. The molecule has 0 radical (unpaired) electrons. The quantitative estimate of drug-likeness (QED) is 0.531. The van der Waals surface area contributed by atoms with E-state index in [1.165, 1.54) is 0 Å². The van der Waals surface area contributed by atoms with E-state index >= 15 is 0 Å². The van der Waals surface area contributed by atoms with Gasteiger partial charge in [-0.1, -0.05) is 27.5 Å². The van der Waals surface area contributed by atoms with Crippen LogP contribution < -0.4 is 10.1 Å². The molecular formula is C21H17BrClNO4. The van der Waals surface area contributed by atoms with Gasteiger partial charge in [0.1, 0.15) is 17.6 Å². The molecule has 6 atom stereocenters. The van der Waals surface area contributed by atoms with Gasteiger partial charge in [0, 0.05) is 16.6 Å². The number of hydrogen-bond acceptors (Lipinski definition) is 4. The lowest BCUT2D eigenvalue weighted by atomic mass is 9.79. The predicted octanol–water partition coefficient (Wildman–Crippen LogP) is 4.64. The van der Waals surface area contributed by atoms with Crippen LogP contribution >= 0.6 is 27.5 Å². The van der Waals surface area contributed by atoms with Gasteiger partial charge >= 0.3 is 5.97 Å². The van der Waals surface area contributed by atoms with Crippen molar-refractivity contribution >= 4 is 45.1 Å². The molecule has 5 rings (SSSR count). The lowest BCUT2D eigenvalue weighted by Gasteiger charge is -2.27. The second kappa shape index (κ2) is 6.78. The van der Waals surface area contributed by atoms with Gasteiger partial charge in [-0.25, -0.2) is 0 Å². The zero-order chi connectivity index (χ0) is 19.4. The lowest BCUT2D eigenvalue weighted by molar-refractivity contribution is -0.145. The summed E-state index contributed by atoms with van der Waals surface area (Å²) in [6.45, 7) is 0. The second-order valence-electron chi connectivity index (χ2n) is 7.53. The van der Waals surface area contributed by atoms with Gasteiger partial charge in [0.05, 0.1) is 16.7 Å². The summed E-state index contributed by atoms with van der Waals surface area (Å²) < 4.78 is 11.2. The Balaban J connectivity index is 1.27. The number of esters is 1. The molecule has 0 spiro atoms. The molecule has 1 saturated heterocycles. The summed E-state index contributed by atoms with van der Waals surface area (Å²) in [4.78, 5) is 25.2. The first kappa shape index (κ1) is 18.0. The molecule has 1 amide bonds. The molecule has 1 heterocycles. The normalized spacial score (nSPS) is 32.3. The number of fused-ring (bicyclic) bond motifs is 1. The summed E-state index contributed by atoms with van der Waals surface area (Å²) >= 11 is 9.51. The summed E-state index contributed by atoms with van der Waals surface area (Å²) in [5.74, 6) is 0.634. The summed E-state index contributed by atoms with van der Waals surface area (Å²) in [5, 5.41) is 3.60. The van der Waals surface area contributed by atoms with Crippen LogP contribution in [0.5, 0.6) is 11.5 Å². The van der Waals surface area contributed by atoms with E-state index < -0.39 is 0 Å². The van der Waals surface area contributed by atoms with E-state index in [2.05, 4.69) is 21.2 Å². The van der Waals surface area contributed by atoms with E-state index in [4.69, 9.17) is 21.1 Å². The number of amides is 1. The zero-order valence-corrected chi connectivity index (χ0v) is 17.0.